The van der Waals surface area contributed by atoms with Gasteiger partial charge in [0.25, 0.3) is 0 Å². The van der Waals surface area contributed by atoms with Crippen LogP contribution in [0.3, 0.4) is 0 Å². The normalized spacial score (nSPS) is 13.7. The molecule has 0 bridgehead atoms. The van der Waals surface area contributed by atoms with E-state index in [4.69, 9.17) is 0 Å². The third kappa shape index (κ3) is 42.5. The van der Waals surface area contributed by atoms with Gasteiger partial charge in [0.2, 0.25) is 5.91 Å². The number of aliphatic hydroxyl groups is 3. The lowest BCUT2D eigenvalue weighted by Gasteiger charge is -2.21. The molecular weight excluding hydrogens is 703 g/mol. The average molecular weight is 802 g/mol. The molecular formula is C52H99NO4. The Bertz CT molecular complexity index is 885. The lowest BCUT2D eigenvalue weighted by Crippen LogP contribution is -2.48. The Kier molecular flexibility index (Phi) is 46.1. The Morgan fingerprint density at radius 3 is 1.07 bits per heavy atom. The fourth-order valence-corrected chi connectivity index (χ4v) is 7.73. The van der Waals surface area contributed by atoms with Gasteiger partial charge in [-0.05, 0) is 57.8 Å². The van der Waals surface area contributed by atoms with Crippen LogP contribution in [0, 0.1) is 0 Å². The number of amides is 1. The second-order valence-electron chi connectivity index (χ2n) is 17.4. The molecule has 0 aliphatic carbocycles. The first-order valence-corrected chi connectivity index (χ1v) is 25.3. The quantitative estimate of drug-likeness (QED) is 0.0365. The minimum Gasteiger partial charge on any atom is -0.394 e. The summed E-state index contributed by atoms with van der Waals surface area (Å²) in [5.74, 6) is -0.515. The highest BCUT2D eigenvalue weighted by atomic mass is 16.3. The molecule has 0 aromatic heterocycles. The fraction of sp³-hybridized carbons (Fsp3) is 0.865. The summed E-state index contributed by atoms with van der Waals surface area (Å²) >= 11 is 0. The van der Waals surface area contributed by atoms with Gasteiger partial charge in [-0.1, -0.05) is 243 Å². The molecule has 3 unspecified atom stereocenters. The van der Waals surface area contributed by atoms with Gasteiger partial charge in [0.1, 0.15) is 6.10 Å². The Balaban J connectivity index is 3.66. The highest BCUT2D eigenvalue weighted by molar-refractivity contribution is 5.80. The molecule has 0 saturated carbocycles. The zero-order valence-corrected chi connectivity index (χ0v) is 38.2. The lowest BCUT2D eigenvalue weighted by atomic mass is 10.0. The Labute approximate surface area is 355 Å². The smallest absolute Gasteiger partial charge is 0.249 e. The summed E-state index contributed by atoms with van der Waals surface area (Å²) in [4.78, 5) is 12.5. The highest BCUT2D eigenvalue weighted by Crippen LogP contribution is 2.16. The van der Waals surface area contributed by atoms with Crippen LogP contribution in [-0.2, 0) is 4.79 Å². The third-order valence-electron chi connectivity index (χ3n) is 11.7. The minimum absolute atomic E-state index is 0.377. The van der Waals surface area contributed by atoms with Crippen LogP contribution in [0.25, 0.3) is 0 Å². The maximum Gasteiger partial charge on any atom is 0.249 e. The topological polar surface area (TPSA) is 89.8 Å². The molecule has 0 heterocycles. The van der Waals surface area contributed by atoms with Crippen molar-refractivity contribution in [3.8, 4) is 0 Å². The molecule has 0 radical (unpaired) electrons. The molecule has 3 atom stereocenters. The number of nitrogens with one attached hydrogen (secondary N) is 1. The molecule has 0 fully saturated rings. The number of carbonyl (C=O) groups is 1. The highest BCUT2D eigenvalue weighted by Gasteiger charge is 2.22. The first-order chi connectivity index (χ1) is 28.1. The summed E-state index contributed by atoms with van der Waals surface area (Å²) in [5, 5.41) is 33.2. The maximum absolute atomic E-state index is 12.5. The predicted molar refractivity (Wildman–Crippen MR) is 250 cm³/mol. The summed E-state index contributed by atoms with van der Waals surface area (Å²) in [5.41, 5.74) is 0. The molecule has 0 spiro atoms. The van der Waals surface area contributed by atoms with Crippen LogP contribution in [0.2, 0.25) is 0 Å². The Morgan fingerprint density at radius 1 is 0.421 bits per heavy atom. The fourth-order valence-electron chi connectivity index (χ4n) is 7.73. The average Bonchev–Trinajstić information content (AvgIpc) is 3.22. The zero-order valence-electron chi connectivity index (χ0n) is 38.2. The number of rotatable bonds is 46. The Morgan fingerprint density at radius 2 is 0.719 bits per heavy atom. The van der Waals surface area contributed by atoms with E-state index >= 15 is 0 Å². The number of carbonyl (C=O) groups excluding carboxylic acids is 1. The SMILES string of the molecule is CCCCCCCCCCCC/C=C\CCCCCCCCC(O)C(=O)NC(CO)C(O)/C=C/CC/C=C/CCCCCCCCCCCCCCCCCCC. The van der Waals surface area contributed by atoms with Crippen LogP contribution in [0.4, 0.5) is 0 Å². The van der Waals surface area contributed by atoms with E-state index < -0.39 is 24.2 Å². The molecule has 57 heavy (non-hydrogen) atoms. The van der Waals surface area contributed by atoms with E-state index in [0.29, 0.717) is 6.42 Å². The predicted octanol–water partition coefficient (Wildman–Crippen LogP) is 15.1. The van der Waals surface area contributed by atoms with Crippen molar-refractivity contribution < 1.29 is 20.1 Å². The van der Waals surface area contributed by atoms with E-state index in [0.717, 1.165) is 38.5 Å². The van der Waals surface area contributed by atoms with E-state index in [-0.39, 0.29) is 6.61 Å². The number of aliphatic hydroxyl groups excluding tert-OH is 3. The molecule has 0 rings (SSSR count). The summed E-state index contributed by atoms with van der Waals surface area (Å²) in [7, 11) is 0. The van der Waals surface area contributed by atoms with Crippen molar-refractivity contribution in [1.29, 1.82) is 0 Å². The van der Waals surface area contributed by atoms with Crippen LogP contribution in [0.1, 0.15) is 264 Å². The zero-order chi connectivity index (χ0) is 41.5. The van der Waals surface area contributed by atoms with Gasteiger partial charge in [-0.25, -0.2) is 0 Å². The molecule has 5 nitrogen and oxygen atoms in total. The van der Waals surface area contributed by atoms with Crippen molar-refractivity contribution >= 4 is 5.91 Å². The van der Waals surface area contributed by atoms with E-state index in [1.165, 1.54) is 205 Å². The lowest BCUT2D eigenvalue weighted by molar-refractivity contribution is -0.131. The van der Waals surface area contributed by atoms with Crippen LogP contribution >= 0.6 is 0 Å². The Hall–Kier alpha value is -1.43. The van der Waals surface area contributed by atoms with Gasteiger partial charge in [-0.3, -0.25) is 4.79 Å². The van der Waals surface area contributed by atoms with Crippen molar-refractivity contribution in [3.05, 3.63) is 36.5 Å². The largest absolute Gasteiger partial charge is 0.394 e. The monoisotopic (exact) mass is 802 g/mol. The molecule has 1 amide bonds. The number of allylic oxidation sites excluding steroid dienone is 5. The van der Waals surface area contributed by atoms with E-state index in [1.54, 1.807) is 6.08 Å². The van der Waals surface area contributed by atoms with Gasteiger partial charge >= 0.3 is 0 Å². The molecule has 0 aromatic carbocycles. The molecule has 336 valence electrons. The van der Waals surface area contributed by atoms with Crippen molar-refractivity contribution in [2.24, 2.45) is 0 Å². The molecule has 5 heteroatoms. The van der Waals surface area contributed by atoms with Crippen LogP contribution in [0.15, 0.2) is 36.5 Å². The number of hydrogen-bond donors (Lipinski definition) is 4. The summed E-state index contributed by atoms with van der Waals surface area (Å²) in [6.45, 7) is 4.19. The standard InChI is InChI=1S/C52H99NO4/c1-3-5-7-9-11-13-15-17-19-21-23-25-26-27-29-30-32-34-36-38-40-42-44-46-50(55)49(48-54)53-52(57)51(56)47-45-43-41-39-37-35-33-31-28-24-22-20-18-16-14-12-10-8-6-4-2/h28,31,36,38,44,46,49-51,54-56H,3-27,29-30,32-35,37,39-43,45,47-48H2,1-2H3,(H,53,57)/b31-28-,38-36+,46-44+. The van der Waals surface area contributed by atoms with E-state index in [2.05, 4.69) is 43.5 Å². The van der Waals surface area contributed by atoms with E-state index in [9.17, 15) is 20.1 Å². The van der Waals surface area contributed by atoms with Crippen molar-refractivity contribution in [1.82, 2.24) is 5.32 Å². The minimum atomic E-state index is -1.11. The number of hydrogen-bond acceptors (Lipinski definition) is 4. The molecule has 0 aliphatic rings. The molecule has 0 aliphatic heterocycles. The van der Waals surface area contributed by atoms with Gasteiger partial charge in [0.05, 0.1) is 18.8 Å². The first kappa shape index (κ1) is 55.6. The summed E-state index contributed by atoms with van der Waals surface area (Å²) < 4.78 is 0. The van der Waals surface area contributed by atoms with Crippen LogP contribution in [-0.4, -0.2) is 46.1 Å². The molecule has 0 saturated heterocycles. The van der Waals surface area contributed by atoms with Gasteiger partial charge in [0.15, 0.2) is 0 Å². The summed E-state index contributed by atoms with van der Waals surface area (Å²) in [6, 6.07) is -0.817. The van der Waals surface area contributed by atoms with Gasteiger partial charge in [-0.15, -0.1) is 0 Å². The van der Waals surface area contributed by atoms with Crippen LogP contribution in [0.5, 0.6) is 0 Å². The van der Waals surface area contributed by atoms with Crippen molar-refractivity contribution in [3.63, 3.8) is 0 Å². The molecule has 4 N–H and O–H groups in total. The number of unbranched alkanes of at least 4 members (excludes halogenated alkanes) is 34. The first-order valence-electron chi connectivity index (χ1n) is 25.3. The second kappa shape index (κ2) is 47.3. The van der Waals surface area contributed by atoms with Gasteiger partial charge in [-0.2, -0.15) is 0 Å². The third-order valence-corrected chi connectivity index (χ3v) is 11.7. The maximum atomic E-state index is 12.5. The van der Waals surface area contributed by atoms with Crippen molar-refractivity contribution in [2.75, 3.05) is 6.61 Å². The summed E-state index contributed by atoms with van der Waals surface area (Å²) in [6.07, 6.45) is 60.6. The van der Waals surface area contributed by atoms with Crippen LogP contribution < -0.4 is 5.32 Å². The van der Waals surface area contributed by atoms with Gasteiger partial charge < -0.3 is 20.6 Å². The second-order valence-corrected chi connectivity index (χ2v) is 17.4. The molecule has 0 aromatic rings. The van der Waals surface area contributed by atoms with E-state index in [1.807, 2.05) is 6.08 Å². The van der Waals surface area contributed by atoms with Gasteiger partial charge in [0, 0.05) is 0 Å². The van der Waals surface area contributed by atoms with Crippen molar-refractivity contribution in [2.45, 2.75) is 283 Å².